The van der Waals surface area contributed by atoms with E-state index in [1.807, 2.05) is 35.9 Å². The lowest BCUT2D eigenvalue weighted by molar-refractivity contribution is -0.116. The molecule has 0 atom stereocenters. The predicted octanol–water partition coefficient (Wildman–Crippen LogP) is 2.39. The molecular weight excluding hydrogens is 356 g/mol. The highest BCUT2D eigenvalue weighted by Gasteiger charge is 2.13. The van der Waals surface area contributed by atoms with Gasteiger partial charge in [0.05, 0.1) is 17.3 Å². The van der Waals surface area contributed by atoms with Crippen LogP contribution in [0.5, 0.6) is 0 Å². The van der Waals surface area contributed by atoms with Crippen molar-refractivity contribution in [2.75, 3.05) is 17.7 Å². The van der Waals surface area contributed by atoms with Crippen molar-refractivity contribution in [2.24, 2.45) is 0 Å². The number of rotatable bonds is 6. The van der Waals surface area contributed by atoms with Gasteiger partial charge in [-0.05, 0) is 25.1 Å². The summed E-state index contributed by atoms with van der Waals surface area (Å²) in [4.78, 5) is 21.1. The number of amides is 1. The minimum absolute atomic E-state index is 0.0685. The second kappa shape index (κ2) is 7.47. The van der Waals surface area contributed by atoms with Gasteiger partial charge in [-0.3, -0.25) is 14.2 Å². The van der Waals surface area contributed by atoms with Gasteiger partial charge in [-0.15, -0.1) is 0 Å². The third kappa shape index (κ3) is 3.41. The number of carbonyl (C=O) groups is 1. The first-order valence-corrected chi connectivity index (χ1v) is 8.97. The quantitative estimate of drug-likeness (QED) is 0.536. The lowest BCUT2D eigenvalue weighted by Gasteiger charge is -2.03. The van der Waals surface area contributed by atoms with Crippen molar-refractivity contribution in [3.8, 4) is 11.4 Å². The van der Waals surface area contributed by atoms with E-state index in [4.69, 9.17) is 0 Å². The van der Waals surface area contributed by atoms with E-state index >= 15 is 0 Å². The van der Waals surface area contributed by atoms with Crippen LogP contribution in [-0.4, -0.2) is 42.5 Å². The summed E-state index contributed by atoms with van der Waals surface area (Å²) in [5.74, 6) is 1.62. The minimum Gasteiger partial charge on any atom is -0.373 e. The van der Waals surface area contributed by atoms with E-state index in [0.29, 0.717) is 17.5 Å². The zero-order valence-electron chi connectivity index (χ0n) is 15.6. The van der Waals surface area contributed by atoms with Crippen LogP contribution >= 0.6 is 0 Å². The zero-order chi connectivity index (χ0) is 19.5. The van der Waals surface area contributed by atoms with Gasteiger partial charge in [-0.25, -0.2) is 9.97 Å². The Morgan fingerprint density at radius 2 is 2.07 bits per heavy atom. The van der Waals surface area contributed by atoms with Crippen molar-refractivity contribution in [3.05, 3.63) is 48.9 Å². The Morgan fingerprint density at radius 3 is 2.89 bits per heavy atom. The molecule has 0 aliphatic rings. The van der Waals surface area contributed by atoms with E-state index < -0.39 is 0 Å². The second-order valence-corrected chi connectivity index (χ2v) is 6.17. The third-order valence-corrected chi connectivity index (χ3v) is 4.32. The SMILES string of the molecule is CCn1nc(NC(=O)Cn2cc(-c3nccc(NC)n3)cn2)c2ccccc21. The smallest absolute Gasteiger partial charge is 0.247 e. The average molecular weight is 376 g/mol. The lowest BCUT2D eigenvalue weighted by atomic mass is 10.2. The number of fused-ring (bicyclic) bond motifs is 1. The highest BCUT2D eigenvalue weighted by Crippen LogP contribution is 2.22. The maximum absolute atomic E-state index is 12.5. The largest absolute Gasteiger partial charge is 0.373 e. The van der Waals surface area contributed by atoms with Gasteiger partial charge in [-0.1, -0.05) is 12.1 Å². The van der Waals surface area contributed by atoms with Gasteiger partial charge < -0.3 is 10.6 Å². The Labute approximate surface area is 161 Å². The number of para-hydroxylation sites is 1. The van der Waals surface area contributed by atoms with Gasteiger partial charge in [0.2, 0.25) is 5.91 Å². The number of anilines is 2. The summed E-state index contributed by atoms with van der Waals surface area (Å²) in [6, 6.07) is 9.60. The van der Waals surface area contributed by atoms with Crippen LogP contribution in [0.1, 0.15) is 6.92 Å². The van der Waals surface area contributed by atoms with Crippen LogP contribution in [-0.2, 0) is 17.9 Å². The van der Waals surface area contributed by atoms with Gasteiger partial charge in [-0.2, -0.15) is 10.2 Å². The van der Waals surface area contributed by atoms with Crippen molar-refractivity contribution in [2.45, 2.75) is 20.0 Å². The number of aryl methyl sites for hydroxylation is 1. The number of carbonyl (C=O) groups excluding carboxylic acids is 1. The van der Waals surface area contributed by atoms with Crippen LogP contribution in [0.2, 0.25) is 0 Å². The first-order chi connectivity index (χ1) is 13.7. The molecule has 0 aliphatic heterocycles. The lowest BCUT2D eigenvalue weighted by Crippen LogP contribution is -2.19. The molecule has 9 heteroatoms. The highest BCUT2D eigenvalue weighted by atomic mass is 16.2. The molecule has 3 aromatic heterocycles. The Bertz CT molecular complexity index is 1130. The van der Waals surface area contributed by atoms with Gasteiger partial charge >= 0.3 is 0 Å². The highest BCUT2D eigenvalue weighted by molar-refractivity contribution is 5.99. The summed E-state index contributed by atoms with van der Waals surface area (Å²) < 4.78 is 3.42. The van der Waals surface area contributed by atoms with Crippen LogP contribution in [0.4, 0.5) is 11.6 Å². The van der Waals surface area contributed by atoms with Crippen molar-refractivity contribution in [3.63, 3.8) is 0 Å². The van der Waals surface area contributed by atoms with Crippen molar-refractivity contribution >= 4 is 28.4 Å². The molecule has 0 bridgehead atoms. The number of nitrogens with zero attached hydrogens (tertiary/aromatic N) is 6. The van der Waals surface area contributed by atoms with Gasteiger partial charge in [0.15, 0.2) is 11.6 Å². The molecule has 3 heterocycles. The summed E-state index contributed by atoms with van der Waals surface area (Å²) in [6.45, 7) is 2.81. The maximum atomic E-state index is 12.5. The van der Waals surface area contributed by atoms with Crippen LogP contribution in [0.15, 0.2) is 48.9 Å². The molecule has 0 spiro atoms. The normalized spacial score (nSPS) is 10.9. The van der Waals surface area contributed by atoms with E-state index in [1.165, 1.54) is 0 Å². The summed E-state index contributed by atoms with van der Waals surface area (Å²) in [7, 11) is 1.80. The first kappa shape index (κ1) is 17.7. The number of hydrogen-bond acceptors (Lipinski definition) is 6. The number of benzene rings is 1. The van der Waals surface area contributed by atoms with Crippen LogP contribution < -0.4 is 10.6 Å². The molecular formula is C19H20N8O. The van der Waals surface area contributed by atoms with Crippen LogP contribution in [0.3, 0.4) is 0 Å². The summed E-state index contributed by atoms with van der Waals surface area (Å²) in [5.41, 5.74) is 1.73. The minimum atomic E-state index is -0.203. The Hall–Kier alpha value is -3.75. The van der Waals surface area contributed by atoms with Gasteiger partial charge in [0.1, 0.15) is 12.4 Å². The van der Waals surface area contributed by atoms with Gasteiger partial charge in [0, 0.05) is 31.4 Å². The number of nitrogens with one attached hydrogen (secondary N) is 2. The molecule has 4 aromatic rings. The molecule has 0 saturated carbocycles. The van der Waals surface area contributed by atoms with Crippen LogP contribution in [0.25, 0.3) is 22.3 Å². The van der Waals surface area contributed by atoms with E-state index in [9.17, 15) is 4.79 Å². The molecule has 0 fully saturated rings. The van der Waals surface area contributed by atoms with E-state index in [2.05, 4.69) is 30.8 Å². The molecule has 1 aromatic carbocycles. The Morgan fingerprint density at radius 1 is 1.21 bits per heavy atom. The standard InChI is InChI=1S/C19H20N8O/c1-3-27-15-7-5-4-6-14(15)19(25-27)24-17(28)12-26-11-13(10-22-26)18-21-9-8-16(20-2)23-18/h4-11H,3,12H2,1-2H3,(H,20,21,23)(H,24,25,28). The van der Waals surface area contributed by atoms with Crippen molar-refractivity contribution in [1.82, 2.24) is 29.5 Å². The Balaban J connectivity index is 1.50. The molecule has 1 amide bonds. The molecule has 28 heavy (non-hydrogen) atoms. The van der Waals surface area contributed by atoms with E-state index in [1.54, 1.807) is 36.4 Å². The summed E-state index contributed by atoms with van der Waals surface area (Å²) >= 11 is 0. The topological polar surface area (TPSA) is 103 Å². The number of hydrogen-bond donors (Lipinski definition) is 2. The van der Waals surface area contributed by atoms with E-state index in [0.717, 1.165) is 23.0 Å². The monoisotopic (exact) mass is 376 g/mol. The summed E-state index contributed by atoms with van der Waals surface area (Å²) in [6.07, 6.45) is 5.06. The molecule has 0 radical (unpaired) electrons. The fourth-order valence-electron chi connectivity index (χ4n) is 2.98. The Kier molecular flexibility index (Phi) is 4.71. The second-order valence-electron chi connectivity index (χ2n) is 6.17. The molecule has 2 N–H and O–H groups in total. The molecule has 142 valence electrons. The predicted molar refractivity (Wildman–Crippen MR) is 107 cm³/mol. The van der Waals surface area contributed by atoms with Gasteiger partial charge in [0.25, 0.3) is 0 Å². The van der Waals surface area contributed by atoms with Crippen molar-refractivity contribution < 1.29 is 4.79 Å². The average Bonchev–Trinajstić information content (AvgIpc) is 3.33. The first-order valence-electron chi connectivity index (χ1n) is 8.97. The number of aromatic nitrogens is 6. The van der Waals surface area contributed by atoms with Crippen LogP contribution in [0, 0.1) is 0 Å². The molecule has 9 nitrogen and oxygen atoms in total. The zero-order valence-corrected chi connectivity index (χ0v) is 15.6. The summed E-state index contributed by atoms with van der Waals surface area (Å²) in [5, 5.41) is 15.5. The van der Waals surface area contributed by atoms with Crippen molar-refractivity contribution in [1.29, 1.82) is 0 Å². The maximum Gasteiger partial charge on any atom is 0.247 e. The molecule has 4 rings (SSSR count). The fraction of sp³-hybridized carbons (Fsp3) is 0.211. The molecule has 0 saturated heterocycles. The fourth-order valence-corrected chi connectivity index (χ4v) is 2.98. The van der Waals surface area contributed by atoms with E-state index in [-0.39, 0.29) is 12.5 Å². The third-order valence-electron chi connectivity index (χ3n) is 4.32. The molecule has 0 aliphatic carbocycles. The molecule has 0 unspecified atom stereocenters.